The number of esters is 4. The quantitative estimate of drug-likeness (QED) is 0.0113. The lowest BCUT2D eigenvalue weighted by molar-refractivity contribution is -0.137. The molecule has 0 aliphatic carbocycles. The minimum absolute atomic E-state index is 0.0268. The summed E-state index contributed by atoms with van der Waals surface area (Å²) in [4.78, 5) is 130. The summed E-state index contributed by atoms with van der Waals surface area (Å²) in [6, 6.07) is 6.99. The average Bonchev–Trinajstić information content (AvgIpc) is 0.790. The van der Waals surface area contributed by atoms with Crippen LogP contribution in [0, 0.1) is 23.7 Å². The Hall–Kier alpha value is -12.6. The van der Waals surface area contributed by atoms with E-state index in [1.807, 2.05) is 101 Å². The number of benzene rings is 4. The van der Waals surface area contributed by atoms with Crippen LogP contribution in [0.1, 0.15) is 250 Å². The molecular formula is C104H142Cl2N8O24. The van der Waals surface area contributed by atoms with Crippen LogP contribution in [-0.2, 0) is 83.2 Å². The van der Waals surface area contributed by atoms with Crippen LogP contribution in [0.2, 0.25) is 10.0 Å². The normalized spacial score (nSPS) is 17.9. The number of halogens is 2. The molecule has 34 heteroatoms. The number of rotatable bonds is 28. The zero-order valence-corrected chi connectivity index (χ0v) is 83.4. The van der Waals surface area contributed by atoms with E-state index in [0.29, 0.717) is 136 Å². The third kappa shape index (κ3) is 43.0. The van der Waals surface area contributed by atoms with E-state index in [1.54, 1.807) is 43.9 Å². The van der Waals surface area contributed by atoms with Gasteiger partial charge in [0, 0.05) is 102 Å². The van der Waals surface area contributed by atoms with Crippen LogP contribution in [0.3, 0.4) is 0 Å². The molecule has 4 aromatic carbocycles. The fraction of sp³-hybridized carbons (Fsp3) is 0.500. The van der Waals surface area contributed by atoms with Gasteiger partial charge in [0.2, 0.25) is 0 Å². The minimum atomic E-state index is -0.756. The Kier molecular flexibility index (Phi) is 54.2. The first-order valence-electron chi connectivity index (χ1n) is 47.5. The number of allylic oxidation sites excluding steroid dienone is 12. The number of cyclic esters (lactones) is 4. The fourth-order valence-electron chi connectivity index (χ4n) is 14.4. The number of hydrogen-bond donors (Lipinski definition) is 8. The molecule has 0 atom stereocenters. The van der Waals surface area contributed by atoms with Crippen molar-refractivity contribution in [1.29, 1.82) is 0 Å². The summed E-state index contributed by atoms with van der Waals surface area (Å²) >= 11 is 12.6. The average molecular weight is 1960 g/mol. The largest absolute Gasteiger partial charge is 0.508 e. The summed E-state index contributed by atoms with van der Waals surface area (Å²) in [5, 5.41) is 98.0. The predicted octanol–water partition coefficient (Wildman–Crippen LogP) is 18.7. The van der Waals surface area contributed by atoms with Crippen LogP contribution in [0.4, 0.5) is 0 Å². The Morgan fingerprint density at radius 3 is 0.812 bits per heavy atom. The van der Waals surface area contributed by atoms with Gasteiger partial charge in [-0.3, -0.25) is 19.2 Å². The van der Waals surface area contributed by atoms with E-state index >= 15 is 0 Å². The second-order valence-corrected chi connectivity index (χ2v) is 35.5. The maximum atomic E-state index is 12.7. The second-order valence-electron chi connectivity index (χ2n) is 34.7. The van der Waals surface area contributed by atoms with E-state index < -0.39 is 35.4 Å². The number of oxime groups is 4. The highest BCUT2D eigenvalue weighted by Crippen LogP contribution is 2.40. The van der Waals surface area contributed by atoms with Gasteiger partial charge >= 0.3 is 23.9 Å². The molecule has 138 heavy (non-hydrogen) atoms. The molecule has 8 N–H and O–H groups in total. The number of carbonyl (C=O) groups excluding carboxylic acids is 8. The van der Waals surface area contributed by atoms with E-state index in [-0.39, 0.29) is 180 Å². The molecule has 8 rings (SSSR count). The standard InChI is InChI=1S/2C27H38N2O6.2C25H33ClN2O6/c2*1-19(2)16-29(17-20(3)4)25(32)18-35-28-22-11-9-7-5-6-8-10-12-34-27(33)26-21(13-22)14-23(30)15-24(26)31;2*1-3-12-28(13-4-2)22(31)17-34-27-18-11-9-7-5-6-8-10-14-33-25(32)23-19(15-18)24(26)21(30)16-20(23)29/h2*6,8-9,11,14-15,19-20,30-31H,5,7,10,12-13,16-18H2,1-4H3;2*6,8-9,11,16,29-30H,3-5,7,10,12-15,17H2,1-2H3/b8-6+,11-9+,28-22+;8-6+,11-9+,28-22-;8-6+,11-9+,27-18+;8-6+,11-9+,27-18-. The molecule has 4 aliphatic heterocycles. The Balaban J connectivity index is 0.000000325. The van der Waals surface area contributed by atoms with Gasteiger partial charge in [0.1, 0.15) is 68.2 Å². The summed E-state index contributed by atoms with van der Waals surface area (Å²) in [5.74, 6) is -4.92. The van der Waals surface area contributed by atoms with Gasteiger partial charge in [0.25, 0.3) is 23.6 Å². The second kappa shape index (κ2) is 64.5. The van der Waals surface area contributed by atoms with Crippen LogP contribution in [0.5, 0.6) is 46.0 Å². The van der Waals surface area contributed by atoms with Crippen molar-refractivity contribution in [3.8, 4) is 46.0 Å². The summed E-state index contributed by atoms with van der Waals surface area (Å²) in [7, 11) is 0. The number of nitrogens with zero attached hydrogens (tertiary/aromatic N) is 8. The van der Waals surface area contributed by atoms with E-state index in [9.17, 15) is 79.2 Å². The molecule has 4 amide bonds. The number of ether oxygens (including phenoxy) is 4. The van der Waals surface area contributed by atoms with Crippen molar-refractivity contribution >= 4 is 93.6 Å². The van der Waals surface area contributed by atoms with E-state index in [1.165, 1.54) is 12.1 Å². The van der Waals surface area contributed by atoms with Crippen molar-refractivity contribution in [2.75, 3.05) is 105 Å². The summed E-state index contributed by atoms with van der Waals surface area (Å²) in [6.45, 7) is 29.4. The molecule has 756 valence electrons. The van der Waals surface area contributed by atoms with Gasteiger partial charge in [-0.2, -0.15) is 0 Å². The van der Waals surface area contributed by atoms with Gasteiger partial charge in [-0.1, -0.05) is 200 Å². The highest BCUT2D eigenvalue weighted by molar-refractivity contribution is 6.34. The molecular weight excluding hydrogens is 1820 g/mol. The monoisotopic (exact) mass is 1960 g/mol. The molecule has 32 nitrogen and oxygen atoms in total. The zero-order chi connectivity index (χ0) is 101. The van der Waals surface area contributed by atoms with Gasteiger partial charge in [0.05, 0.1) is 59.3 Å². The number of phenolic OH excluding ortho intramolecular Hbond substituents is 8. The number of carbonyl (C=O) groups is 8. The van der Waals surface area contributed by atoms with Crippen molar-refractivity contribution < 1.29 is 118 Å². The van der Waals surface area contributed by atoms with Gasteiger partial charge < -0.3 is 98.7 Å². The van der Waals surface area contributed by atoms with Crippen molar-refractivity contribution in [2.45, 2.75) is 212 Å². The van der Waals surface area contributed by atoms with Crippen LogP contribution in [-0.4, -0.2) is 236 Å². The Morgan fingerprint density at radius 1 is 0.319 bits per heavy atom. The Morgan fingerprint density at radius 2 is 0.551 bits per heavy atom. The number of fused-ring (bicyclic) bond motifs is 4. The number of amides is 4. The summed E-state index contributed by atoms with van der Waals surface area (Å²) in [6.07, 6.45) is 42.3. The first-order valence-corrected chi connectivity index (χ1v) is 48.2. The van der Waals surface area contributed by atoms with E-state index in [2.05, 4.69) is 76.0 Å². The third-order valence-electron chi connectivity index (χ3n) is 20.5. The highest BCUT2D eigenvalue weighted by Gasteiger charge is 2.30. The molecule has 0 radical (unpaired) electrons. The summed E-state index contributed by atoms with van der Waals surface area (Å²) < 4.78 is 21.2. The molecule has 0 saturated heterocycles. The molecule has 0 spiro atoms. The molecule has 0 bridgehead atoms. The molecule has 4 heterocycles. The molecule has 0 unspecified atom stereocenters. The highest BCUT2D eigenvalue weighted by atomic mass is 35.5. The smallest absolute Gasteiger partial charge is 0.342 e. The first kappa shape index (κ1) is 116. The zero-order valence-electron chi connectivity index (χ0n) is 81.9. The number of hydrogen-bond acceptors (Lipinski definition) is 28. The van der Waals surface area contributed by atoms with E-state index in [4.69, 9.17) is 61.5 Å². The van der Waals surface area contributed by atoms with Gasteiger partial charge in [0.15, 0.2) is 26.4 Å². The van der Waals surface area contributed by atoms with E-state index in [0.717, 1.165) is 101 Å². The third-order valence-corrected chi connectivity index (χ3v) is 21.3. The van der Waals surface area contributed by atoms with Crippen molar-refractivity contribution in [3.63, 3.8) is 0 Å². The molecule has 4 aliphatic rings. The van der Waals surface area contributed by atoms with Crippen LogP contribution in [0.15, 0.2) is 154 Å². The Bertz CT molecular complexity index is 4670. The predicted molar refractivity (Wildman–Crippen MR) is 534 cm³/mol. The van der Waals surface area contributed by atoms with Crippen molar-refractivity contribution in [2.24, 2.45) is 44.3 Å². The SMILES string of the molecule is CC(C)CN(CC(C)C)C(=O)CO/N=C1/C=C/CC/C=C/CCOC(=O)c2c(O)cc(O)cc2C1.CC(C)CN(CC(C)C)C(=O)CO/N=C1\C=C\CC/C=C/CCOC(=O)c2c(O)cc(O)cc2C1.CCCN(CCC)C(=O)CO/N=C1/C=C/CC/C=C/CCOC(=O)c2c(O)cc(O)c(Cl)c2C1.CCCN(CCC)C(=O)CO/N=C1\C=C\CC/C=C/CCOC(=O)c2c(O)cc(O)c(Cl)c2C1. The van der Waals surface area contributed by atoms with Gasteiger partial charge in [-0.25, -0.2) is 19.2 Å². The Labute approximate surface area is 821 Å². The van der Waals surface area contributed by atoms with Crippen molar-refractivity contribution in [3.05, 3.63) is 188 Å². The summed E-state index contributed by atoms with van der Waals surface area (Å²) in [5.41, 5.74) is 2.30. The maximum Gasteiger partial charge on any atom is 0.342 e. The topological polar surface area (TPSA) is 435 Å². The lowest BCUT2D eigenvalue weighted by atomic mass is 9.99. The molecule has 0 fully saturated rings. The number of phenols is 8. The van der Waals surface area contributed by atoms with Crippen LogP contribution < -0.4 is 0 Å². The van der Waals surface area contributed by atoms with Crippen LogP contribution in [0.25, 0.3) is 0 Å². The van der Waals surface area contributed by atoms with Crippen molar-refractivity contribution in [1.82, 2.24) is 19.6 Å². The maximum absolute atomic E-state index is 12.7. The fourth-order valence-corrected chi connectivity index (χ4v) is 14.8. The minimum Gasteiger partial charge on any atom is -0.508 e. The van der Waals surface area contributed by atoms with Crippen LogP contribution >= 0.6 is 23.2 Å². The lowest BCUT2D eigenvalue weighted by Crippen LogP contribution is -2.39. The number of aromatic hydroxyl groups is 8. The molecule has 4 aromatic rings. The van der Waals surface area contributed by atoms with Gasteiger partial charge in [-0.15, -0.1) is 0 Å². The molecule has 0 saturated carbocycles. The molecule has 0 aromatic heterocycles. The lowest BCUT2D eigenvalue weighted by Gasteiger charge is -2.25. The first-order chi connectivity index (χ1) is 66.1. The van der Waals surface area contributed by atoms with Gasteiger partial charge in [-0.05, 0) is 185 Å².